The lowest BCUT2D eigenvalue weighted by atomic mass is 10.1. The molecule has 1 N–H and O–H groups in total. The lowest BCUT2D eigenvalue weighted by molar-refractivity contribution is -0.120. The van der Waals surface area contributed by atoms with Crippen molar-refractivity contribution in [2.24, 2.45) is 0 Å². The lowest BCUT2D eigenvalue weighted by Gasteiger charge is -2.17. The quantitative estimate of drug-likeness (QED) is 0.901. The predicted molar refractivity (Wildman–Crippen MR) is 69.0 cm³/mol. The summed E-state index contributed by atoms with van der Waals surface area (Å²) in [4.78, 5) is 11.6. The summed E-state index contributed by atoms with van der Waals surface area (Å²) in [6, 6.07) is 5.33. The van der Waals surface area contributed by atoms with Gasteiger partial charge in [-0.25, -0.2) is 8.42 Å². The number of sulfone groups is 1. The number of carbonyl (C=O) groups is 1. The second-order valence-electron chi connectivity index (χ2n) is 4.49. The van der Waals surface area contributed by atoms with Gasteiger partial charge in [-0.15, -0.1) is 0 Å². The molecule has 1 aliphatic heterocycles. The van der Waals surface area contributed by atoms with Crippen molar-refractivity contribution in [2.75, 3.05) is 5.75 Å². The third kappa shape index (κ3) is 2.72. The highest BCUT2D eigenvalue weighted by molar-refractivity contribution is 7.91. The van der Waals surface area contributed by atoms with E-state index in [4.69, 9.17) is 0 Å². The number of amides is 1. The number of hydrogen-bond acceptors (Lipinski definition) is 3. The third-order valence-corrected chi connectivity index (χ3v) is 5.02. The summed E-state index contributed by atoms with van der Waals surface area (Å²) in [5, 5.41) is 2.79. The average molecular weight is 267 g/mol. The van der Waals surface area contributed by atoms with Crippen molar-refractivity contribution in [3.63, 3.8) is 0 Å². The molecular formula is C13H17NO3S. The van der Waals surface area contributed by atoms with E-state index in [-0.39, 0.29) is 11.7 Å². The van der Waals surface area contributed by atoms with E-state index in [0.717, 1.165) is 17.5 Å². The Labute approximate surface area is 107 Å². The van der Waals surface area contributed by atoms with E-state index in [0.29, 0.717) is 24.3 Å². The van der Waals surface area contributed by atoms with Crippen molar-refractivity contribution in [3.8, 4) is 0 Å². The zero-order valence-corrected chi connectivity index (χ0v) is 11.2. The van der Waals surface area contributed by atoms with Gasteiger partial charge in [-0.1, -0.05) is 19.1 Å². The summed E-state index contributed by atoms with van der Waals surface area (Å²) >= 11 is 0. The van der Waals surface area contributed by atoms with Crippen LogP contribution in [0.4, 0.5) is 0 Å². The smallest absolute Gasteiger partial charge is 0.219 e. The number of hydrogen-bond donors (Lipinski definition) is 1. The van der Waals surface area contributed by atoms with Crippen molar-refractivity contribution >= 4 is 15.7 Å². The van der Waals surface area contributed by atoms with Crippen LogP contribution < -0.4 is 5.32 Å². The van der Waals surface area contributed by atoms with Gasteiger partial charge < -0.3 is 5.32 Å². The molecule has 4 nitrogen and oxygen atoms in total. The fourth-order valence-electron chi connectivity index (χ4n) is 2.13. The molecule has 0 aromatic heterocycles. The minimum Gasteiger partial charge on any atom is -0.352 e. The van der Waals surface area contributed by atoms with E-state index in [1.54, 1.807) is 19.1 Å². The van der Waals surface area contributed by atoms with Crippen molar-refractivity contribution in [3.05, 3.63) is 29.3 Å². The van der Waals surface area contributed by atoms with Crippen LogP contribution in [0.3, 0.4) is 0 Å². The Morgan fingerprint density at radius 1 is 1.39 bits per heavy atom. The highest BCUT2D eigenvalue weighted by atomic mass is 32.2. The van der Waals surface area contributed by atoms with Gasteiger partial charge in [0.15, 0.2) is 9.84 Å². The van der Waals surface area contributed by atoms with Crippen molar-refractivity contribution < 1.29 is 13.2 Å². The third-order valence-electron chi connectivity index (χ3n) is 3.13. The van der Waals surface area contributed by atoms with Crippen LogP contribution in [0.2, 0.25) is 0 Å². The lowest BCUT2D eigenvalue weighted by Crippen LogP contribution is -2.22. The highest BCUT2D eigenvalue weighted by Crippen LogP contribution is 2.25. The normalized spacial score (nSPS) is 16.9. The second-order valence-corrected chi connectivity index (χ2v) is 6.57. The maximum absolute atomic E-state index is 11.8. The van der Waals surface area contributed by atoms with Crippen LogP contribution in [0.15, 0.2) is 23.1 Å². The SMILES string of the molecule is CCC(=O)NCc1ccc2c(c1)CCCS2(=O)=O. The van der Waals surface area contributed by atoms with Crippen LogP contribution in [-0.4, -0.2) is 20.1 Å². The number of carbonyl (C=O) groups excluding carboxylic acids is 1. The van der Waals surface area contributed by atoms with E-state index in [1.807, 2.05) is 6.07 Å². The van der Waals surface area contributed by atoms with Gasteiger partial charge in [0.25, 0.3) is 0 Å². The first kappa shape index (κ1) is 13.1. The van der Waals surface area contributed by atoms with Gasteiger partial charge in [0.05, 0.1) is 10.6 Å². The zero-order chi connectivity index (χ0) is 13.2. The molecule has 0 saturated heterocycles. The summed E-state index contributed by atoms with van der Waals surface area (Å²) in [5.74, 6) is 0.242. The minimum absolute atomic E-state index is 0.000317. The first-order valence-corrected chi connectivity index (χ1v) is 7.79. The molecular weight excluding hydrogens is 250 g/mol. The Kier molecular flexibility index (Phi) is 3.71. The first-order valence-electron chi connectivity index (χ1n) is 6.14. The Morgan fingerprint density at radius 2 is 2.17 bits per heavy atom. The molecule has 1 heterocycles. The van der Waals surface area contributed by atoms with Crippen LogP contribution in [0.25, 0.3) is 0 Å². The molecule has 1 aliphatic rings. The fourth-order valence-corrected chi connectivity index (χ4v) is 3.71. The fraction of sp³-hybridized carbons (Fsp3) is 0.462. The molecule has 2 rings (SSSR count). The molecule has 0 bridgehead atoms. The van der Waals surface area contributed by atoms with Crippen LogP contribution in [0, 0.1) is 0 Å². The zero-order valence-electron chi connectivity index (χ0n) is 10.4. The first-order chi connectivity index (χ1) is 8.53. The molecule has 18 heavy (non-hydrogen) atoms. The molecule has 5 heteroatoms. The number of benzene rings is 1. The molecule has 0 fully saturated rings. The van der Waals surface area contributed by atoms with Gasteiger partial charge in [0.1, 0.15) is 0 Å². The predicted octanol–water partition coefficient (Wildman–Crippen LogP) is 1.43. The van der Waals surface area contributed by atoms with E-state index < -0.39 is 9.84 Å². The van der Waals surface area contributed by atoms with Crippen LogP contribution in [0.1, 0.15) is 30.9 Å². The minimum atomic E-state index is -3.08. The van der Waals surface area contributed by atoms with E-state index in [1.165, 1.54) is 0 Å². The maximum atomic E-state index is 11.8. The molecule has 0 spiro atoms. The molecule has 1 aromatic rings. The molecule has 98 valence electrons. The summed E-state index contributed by atoms with van der Waals surface area (Å²) in [6.07, 6.45) is 1.93. The number of fused-ring (bicyclic) bond motifs is 1. The van der Waals surface area contributed by atoms with Gasteiger partial charge in [0.2, 0.25) is 5.91 Å². The largest absolute Gasteiger partial charge is 0.352 e. The molecule has 0 unspecified atom stereocenters. The summed E-state index contributed by atoms with van der Waals surface area (Å²) < 4.78 is 23.7. The average Bonchev–Trinajstić information content (AvgIpc) is 2.35. The topological polar surface area (TPSA) is 63.2 Å². The Hall–Kier alpha value is -1.36. The van der Waals surface area contributed by atoms with E-state index >= 15 is 0 Å². The number of nitrogens with one attached hydrogen (secondary N) is 1. The van der Waals surface area contributed by atoms with E-state index in [9.17, 15) is 13.2 Å². The van der Waals surface area contributed by atoms with Gasteiger partial charge in [-0.2, -0.15) is 0 Å². The molecule has 0 radical (unpaired) electrons. The highest BCUT2D eigenvalue weighted by Gasteiger charge is 2.23. The Balaban J connectivity index is 2.20. The number of rotatable bonds is 3. The Bertz CT molecular complexity index is 564. The van der Waals surface area contributed by atoms with Gasteiger partial charge >= 0.3 is 0 Å². The summed E-state index contributed by atoms with van der Waals surface area (Å²) in [7, 11) is -3.08. The van der Waals surface area contributed by atoms with Crippen molar-refractivity contribution in [1.82, 2.24) is 5.32 Å². The monoisotopic (exact) mass is 267 g/mol. The molecule has 0 aliphatic carbocycles. The van der Waals surface area contributed by atoms with Gasteiger partial charge in [-0.3, -0.25) is 4.79 Å². The van der Waals surface area contributed by atoms with E-state index in [2.05, 4.69) is 5.32 Å². The van der Waals surface area contributed by atoms with Crippen LogP contribution >= 0.6 is 0 Å². The van der Waals surface area contributed by atoms with Gasteiger partial charge in [-0.05, 0) is 30.0 Å². The number of aryl methyl sites for hydroxylation is 1. The van der Waals surface area contributed by atoms with Crippen molar-refractivity contribution in [2.45, 2.75) is 37.6 Å². The van der Waals surface area contributed by atoms with Gasteiger partial charge in [0, 0.05) is 13.0 Å². The molecule has 0 saturated carbocycles. The standard InChI is InChI=1S/C13H17NO3S/c1-2-13(15)14-9-10-5-6-12-11(8-10)4-3-7-18(12,16)17/h5-6,8H,2-4,7,9H2,1H3,(H,14,15). The molecule has 0 atom stereocenters. The van der Waals surface area contributed by atoms with Crippen LogP contribution in [-0.2, 0) is 27.6 Å². The molecule has 1 aromatic carbocycles. The summed E-state index contributed by atoms with van der Waals surface area (Å²) in [5.41, 5.74) is 1.83. The molecule has 1 amide bonds. The maximum Gasteiger partial charge on any atom is 0.219 e. The summed E-state index contributed by atoms with van der Waals surface area (Å²) in [6.45, 7) is 2.26. The van der Waals surface area contributed by atoms with Crippen LogP contribution in [0.5, 0.6) is 0 Å². The van der Waals surface area contributed by atoms with Crippen molar-refractivity contribution in [1.29, 1.82) is 0 Å². The second kappa shape index (κ2) is 5.10. The Morgan fingerprint density at radius 3 is 2.89 bits per heavy atom.